The average Bonchev–Trinajstić information content (AvgIpc) is 2.69. The summed E-state index contributed by atoms with van der Waals surface area (Å²) in [5.41, 5.74) is 2.58. The molecule has 0 amide bonds. The molecular formula is C20H29N3O3+2. The zero-order chi connectivity index (χ0) is 18.4. The van der Waals surface area contributed by atoms with Crippen LogP contribution in [-0.4, -0.2) is 52.5 Å². The van der Waals surface area contributed by atoms with E-state index in [0.29, 0.717) is 5.75 Å². The third kappa shape index (κ3) is 4.45. The molecule has 140 valence electrons. The highest BCUT2D eigenvalue weighted by Crippen LogP contribution is 2.37. The first-order chi connectivity index (χ1) is 12.7. The van der Waals surface area contributed by atoms with Gasteiger partial charge in [-0.1, -0.05) is 0 Å². The maximum atomic E-state index is 5.47. The fourth-order valence-corrected chi connectivity index (χ4v) is 3.63. The van der Waals surface area contributed by atoms with E-state index in [4.69, 9.17) is 14.2 Å². The molecule has 0 bridgehead atoms. The van der Waals surface area contributed by atoms with Gasteiger partial charge in [0, 0.05) is 23.5 Å². The summed E-state index contributed by atoms with van der Waals surface area (Å²) >= 11 is 0. The van der Waals surface area contributed by atoms with Gasteiger partial charge in [0.05, 0.1) is 21.3 Å². The molecule has 26 heavy (non-hydrogen) atoms. The van der Waals surface area contributed by atoms with Gasteiger partial charge in [-0.2, -0.15) is 0 Å². The summed E-state index contributed by atoms with van der Waals surface area (Å²) in [4.78, 5) is 7.33. The van der Waals surface area contributed by atoms with Crippen LogP contribution in [-0.2, 0) is 13.1 Å². The smallest absolute Gasteiger partial charge is 0.203 e. The number of hydrogen-bond donors (Lipinski definition) is 2. The van der Waals surface area contributed by atoms with Gasteiger partial charge in [0.15, 0.2) is 11.5 Å². The Morgan fingerprint density at radius 2 is 1.27 bits per heavy atom. The normalized spacial score (nSPS) is 19.8. The average molecular weight is 359 g/mol. The minimum atomic E-state index is 0.653. The van der Waals surface area contributed by atoms with Gasteiger partial charge in [0.25, 0.3) is 0 Å². The summed E-state index contributed by atoms with van der Waals surface area (Å²) in [6.07, 6.45) is 3.75. The molecule has 1 aromatic carbocycles. The van der Waals surface area contributed by atoms with Gasteiger partial charge in [-0.3, -0.25) is 4.98 Å². The maximum absolute atomic E-state index is 5.47. The first-order valence-corrected chi connectivity index (χ1v) is 9.08. The summed E-state index contributed by atoms with van der Waals surface area (Å²) in [6.45, 7) is 6.75. The van der Waals surface area contributed by atoms with Crippen molar-refractivity contribution in [1.29, 1.82) is 0 Å². The fourth-order valence-electron chi connectivity index (χ4n) is 3.63. The van der Waals surface area contributed by atoms with E-state index >= 15 is 0 Å². The molecule has 1 aliphatic rings. The predicted octanol–water partition coefficient (Wildman–Crippen LogP) is -0.409. The van der Waals surface area contributed by atoms with Crippen LogP contribution in [0.5, 0.6) is 17.2 Å². The number of ether oxygens (including phenoxy) is 3. The Hall–Kier alpha value is -2.31. The molecule has 2 N–H and O–H groups in total. The van der Waals surface area contributed by atoms with E-state index in [0.717, 1.165) is 37.7 Å². The number of benzene rings is 1. The lowest BCUT2D eigenvalue weighted by atomic mass is 10.1. The summed E-state index contributed by atoms with van der Waals surface area (Å²) < 4.78 is 16.3. The zero-order valence-electron chi connectivity index (χ0n) is 15.9. The van der Waals surface area contributed by atoms with Gasteiger partial charge < -0.3 is 24.0 Å². The molecule has 6 nitrogen and oxygen atoms in total. The van der Waals surface area contributed by atoms with Crippen molar-refractivity contribution in [2.45, 2.75) is 13.1 Å². The highest BCUT2D eigenvalue weighted by atomic mass is 16.5. The number of hydrogen-bond acceptors (Lipinski definition) is 4. The molecule has 1 saturated heterocycles. The van der Waals surface area contributed by atoms with Gasteiger partial charge in [0.2, 0.25) is 5.75 Å². The van der Waals surface area contributed by atoms with Crippen molar-refractivity contribution in [1.82, 2.24) is 4.98 Å². The monoisotopic (exact) mass is 359 g/mol. The standard InChI is InChI=1S/C20H27N3O3/c1-24-18-12-17(13-19(25-2)20(18)26-3)15-23-10-8-22(9-11-23)14-16-4-6-21-7-5-16/h4-7,12-13H,8-11,14-15H2,1-3H3/p+2. The maximum Gasteiger partial charge on any atom is 0.203 e. The second-order valence-corrected chi connectivity index (χ2v) is 6.74. The van der Waals surface area contributed by atoms with E-state index in [1.807, 2.05) is 12.4 Å². The first kappa shape index (κ1) is 18.5. The van der Waals surface area contributed by atoms with Crippen molar-refractivity contribution in [3.8, 4) is 17.2 Å². The Bertz CT molecular complexity index is 676. The third-order valence-electron chi connectivity index (χ3n) is 5.05. The summed E-state index contributed by atoms with van der Waals surface area (Å²) in [5.74, 6) is 2.10. The van der Waals surface area contributed by atoms with Crippen LogP contribution in [0.1, 0.15) is 11.1 Å². The highest BCUT2D eigenvalue weighted by molar-refractivity contribution is 5.53. The van der Waals surface area contributed by atoms with Crippen LogP contribution in [0, 0.1) is 0 Å². The molecule has 0 aliphatic carbocycles. The minimum Gasteiger partial charge on any atom is -0.493 e. The van der Waals surface area contributed by atoms with E-state index < -0.39 is 0 Å². The molecule has 0 radical (unpaired) electrons. The van der Waals surface area contributed by atoms with Crippen LogP contribution < -0.4 is 24.0 Å². The van der Waals surface area contributed by atoms with Crippen molar-refractivity contribution in [2.75, 3.05) is 47.5 Å². The molecule has 1 aromatic heterocycles. The van der Waals surface area contributed by atoms with Crippen LogP contribution >= 0.6 is 0 Å². The largest absolute Gasteiger partial charge is 0.493 e. The quantitative estimate of drug-likeness (QED) is 0.706. The number of nitrogens with one attached hydrogen (secondary N) is 2. The Labute approximate surface area is 155 Å². The van der Waals surface area contributed by atoms with Crippen molar-refractivity contribution < 1.29 is 24.0 Å². The van der Waals surface area contributed by atoms with Gasteiger partial charge in [-0.25, -0.2) is 0 Å². The van der Waals surface area contributed by atoms with Gasteiger partial charge in [-0.15, -0.1) is 0 Å². The summed E-state index contributed by atoms with van der Waals surface area (Å²) in [7, 11) is 4.96. The Morgan fingerprint density at radius 3 is 1.73 bits per heavy atom. The highest BCUT2D eigenvalue weighted by Gasteiger charge is 2.24. The van der Waals surface area contributed by atoms with Crippen molar-refractivity contribution in [3.63, 3.8) is 0 Å². The van der Waals surface area contributed by atoms with Crippen LogP contribution in [0.25, 0.3) is 0 Å². The second-order valence-electron chi connectivity index (χ2n) is 6.74. The van der Waals surface area contributed by atoms with E-state index in [-0.39, 0.29) is 0 Å². The molecule has 0 saturated carbocycles. The van der Waals surface area contributed by atoms with Gasteiger partial charge in [-0.05, 0) is 24.3 Å². The lowest BCUT2D eigenvalue weighted by molar-refractivity contribution is -1.02. The van der Waals surface area contributed by atoms with Crippen molar-refractivity contribution in [2.24, 2.45) is 0 Å². The fraction of sp³-hybridized carbons (Fsp3) is 0.450. The van der Waals surface area contributed by atoms with Crippen LogP contribution in [0.15, 0.2) is 36.7 Å². The SMILES string of the molecule is COc1cc(C[NH+]2CC[NH+](Cc3ccncc3)CC2)cc(OC)c1OC. The topological polar surface area (TPSA) is 49.5 Å². The molecule has 1 aliphatic heterocycles. The zero-order valence-corrected chi connectivity index (χ0v) is 15.9. The third-order valence-corrected chi connectivity index (χ3v) is 5.05. The summed E-state index contributed by atoms with van der Waals surface area (Å²) in [5, 5.41) is 0. The Balaban J connectivity index is 1.59. The van der Waals surface area contributed by atoms with Crippen LogP contribution in [0.4, 0.5) is 0 Å². The molecule has 6 heteroatoms. The number of pyridine rings is 1. The Morgan fingerprint density at radius 1 is 0.769 bits per heavy atom. The number of quaternary nitrogens is 2. The van der Waals surface area contributed by atoms with E-state index in [1.165, 1.54) is 24.2 Å². The van der Waals surface area contributed by atoms with Crippen molar-refractivity contribution in [3.05, 3.63) is 47.8 Å². The van der Waals surface area contributed by atoms with Gasteiger partial charge in [0.1, 0.15) is 39.3 Å². The van der Waals surface area contributed by atoms with E-state index in [2.05, 4.69) is 29.2 Å². The molecule has 1 fully saturated rings. The van der Waals surface area contributed by atoms with Gasteiger partial charge >= 0.3 is 0 Å². The lowest BCUT2D eigenvalue weighted by Crippen LogP contribution is -3.27. The Kier molecular flexibility index (Phi) is 6.30. The molecule has 2 aromatic rings. The molecule has 0 atom stereocenters. The molecule has 0 unspecified atom stereocenters. The molecule has 3 rings (SSSR count). The van der Waals surface area contributed by atoms with E-state index in [9.17, 15) is 0 Å². The number of nitrogens with zero attached hydrogens (tertiary/aromatic N) is 1. The lowest BCUT2D eigenvalue weighted by Gasteiger charge is -2.30. The second kappa shape index (κ2) is 8.87. The first-order valence-electron chi connectivity index (χ1n) is 9.08. The number of piperazine rings is 1. The number of aromatic nitrogens is 1. The molecular weight excluding hydrogens is 330 g/mol. The number of rotatable bonds is 7. The van der Waals surface area contributed by atoms with Crippen molar-refractivity contribution >= 4 is 0 Å². The van der Waals surface area contributed by atoms with Crippen LogP contribution in [0.3, 0.4) is 0 Å². The van der Waals surface area contributed by atoms with E-state index in [1.54, 1.807) is 31.1 Å². The molecule has 0 spiro atoms. The minimum absolute atomic E-state index is 0.653. The number of methoxy groups -OCH3 is 3. The van der Waals surface area contributed by atoms with Crippen LogP contribution in [0.2, 0.25) is 0 Å². The predicted molar refractivity (Wildman–Crippen MR) is 99.1 cm³/mol. The summed E-state index contributed by atoms with van der Waals surface area (Å²) in [6, 6.07) is 8.35. The molecule has 2 heterocycles.